The van der Waals surface area contributed by atoms with Crippen LogP contribution >= 0.6 is 0 Å². The Morgan fingerprint density at radius 1 is 1.17 bits per heavy atom. The van der Waals surface area contributed by atoms with E-state index in [1.54, 1.807) is 0 Å². The Morgan fingerprint density at radius 3 is 2.17 bits per heavy atom. The lowest BCUT2D eigenvalue weighted by atomic mass is 9.63. The van der Waals surface area contributed by atoms with Gasteiger partial charge in [-0.25, -0.2) is 0 Å². The molecule has 0 spiro atoms. The molecule has 1 aliphatic heterocycles. The zero-order valence-corrected chi connectivity index (χ0v) is 12.3. The van der Waals surface area contributed by atoms with Crippen molar-refractivity contribution >= 4 is 5.91 Å². The van der Waals surface area contributed by atoms with E-state index in [4.69, 9.17) is 0 Å². The van der Waals surface area contributed by atoms with Crippen molar-refractivity contribution in [1.29, 1.82) is 0 Å². The third kappa shape index (κ3) is 3.71. The van der Waals surface area contributed by atoms with E-state index in [0.29, 0.717) is 29.2 Å². The number of hydrogen-bond donors (Lipinski definition) is 2. The number of carbonyl (C=O) groups is 1. The fourth-order valence-corrected chi connectivity index (χ4v) is 3.99. The summed E-state index contributed by atoms with van der Waals surface area (Å²) in [5, 5.41) is 6.48. The molecule has 1 heterocycles. The molecule has 2 fully saturated rings. The van der Waals surface area contributed by atoms with Gasteiger partial charge < -0.3 is 10.6 Å². The Balaban J connectivity index is 1.85. The van der Waals surface area contributed by atoms with Gasteiger partial charge in [0.1, 0.15) is 0 Å². The molecular formula is C15H28N2O. The molecule has 0 unspecified atom stereocenters. The third-order valence-corrected chi connectivity index (χ3v) is 4.26. The highest BCUT2D eigenvalue weighted by Crippen LogP contribution is 2.45. The van der Waals surface area contributed by atoms with Crippen LogP contribution in [0, 0.1) is 16.7 Å². The van der Waals surface area contributed by atoms with Crippen molar-refractivity contribution in [3.05, 3.63) is 0 Å². The molecule has 104 valence electrons. The van der Waals surface area contributed by atoms with E-state index in [1.165, 1.54) is 6.42 Å². The standard InChI is InChI=1S/C15H28N2O/c1-14(2)6-12(7-15(3,4)10-14)17-13(18)5-11-8-16-9-11/h11-12,16H,5-10H2,1-4H3,(H,17,18). The molecule has 2 aliphatic rings. The first kappa shape index (κ1) is 13.9. The van der Waals surface area contributed by atoms with E-state index in [2.05, 4.69) is 38.3 Å². The van der Waals surface area contributed by atoms with Gasteiger partial charge in [0.15, 0.2) is 0 Å². The maximum atomic E-state index is 12.0. The number of amides is 1. The van der Waals surface area contributed by atoms with Crippen molar-refractivity contribution < 1.29 is 4.79 Å². The van der Waals surface area contributed by atoms with Crippen LogP contribution in [0.2, 0.25) is 0 Å². The van der Waals surface area contributed by atoms with Gasteiger partial charge in [-0.2, -0.15) is 0 Å². The first-order valence-corrected chi connectivity index (χ1v) is 7.26. The lowest BCUT2D eigenvalue weighted by Crippen LogP contribution is -2.49. The Labute approximate surface area is 111 Å². The van der Waals surface area contributed by atoms with Gasteiger partial charge in [0.05, 0.1) is 0 Å². The summed E-state index contributed by atoms with van der Waals surface area (Å²) in [6.07, 6.45) is 4.18. The molecule has 1 amide bonds. The number of hydrogen-bond acceptors (Lipinski definition) is 2. The monoisotopic (exact) mass is 252 g/mol. The van der Waals surface area contributed by atoms with Crippen LogP contribution in [0.3, 0.4) is 0 Å². The summed E-state index contributed by atoms with van der Waals surface area (Å²) in [7, 11) is 0. The van der Waals surface area contributed by atoms with Gasteiger partial charge in [-0.3, -0.25) is 4.79 Å². The van der Waals surface area contributed by atoms with Crippen LogP contribution in [0.1, 0.15) is 53.4 Å². The Bertz CT molecular complexity index is 302. The van der Waals surface area contributed by atoms with Crippen molar-refractivity contribution in [3.8, 4) is 0 Å². The second-order valence-corrected chi connectivity index (χ2v) is 7.91. The minimum absolute atomic E-state index is 0.250. The van der Waals surface area contributed by atoms with Gasteiger partial charge in [0.25, 0.3) is 0 Å². The van der Waals surface area contributed by atoms with Gasteiger partial charge in [0.2, 0.25) is 5.91 Å². The van der Waals surface area contributed by atoms with Crippen molar-refractivity contribution in [3.63, 3.8) is 0 Å². The zero-order valence-electron chi connectivity index (χ0n) is 12.3. The van der Waals surface area contributed by atoms with Gasteiger partial charge in [-0.05, 0) is 49.1 Å². The molecule has 1 aliphatic carbocycles. The fraction of sp³-hybridized carbons (Fsp3) is 0.933. The van der Waals surface area contributed by atoms with Crippen molar-refractivity contribution in [1.82, 2.24) is 10.6 Å². The summed E-state index contributed by atoms with van der Waals surface area (Å²) in [5.41, 5.74) is 0.690. The Morgan fingerprint density at radius 2 is 1.72 bits per heavy atom. The number of carbonyl (C=O) groups excluding carboxylic acids is 1. The quantitative estimate of drug-likeness (QED) is 0.809. The molecule has 0 aromatic rings. The molecule has 1 saturated carbocycles. The van der Waals surface area contributed by atoms with Crippen LogP contribution in [-0.2, 0) is 4.79 Å². The van der Waals surface area contributed by atoms with Gasteiger partial charge >= 0.3 is 0 Å². The second kappa shape index (κ2) is 4.84. The first-order valence-electron chi connectivity index (χ1n) is 7.26. The van der Waals surface area contributed by atoms with E-state index < -0.39 is 0 Å². The normalized spacial score (nSPS) is 27.6. The maximum absolute atomic E-state index is 12.0. The molecule has 18 heavy (non-hydrogen) atoms. The summed E-state index contributed by atoms with van der Waals surface area (Å²) < 4.78 is 0. The Hall–Kier alpha value is -0.570. The number of rotatable bonds is 3. The van der Waals surface area contributed by atoms with E-state index in [0.717, 1.165) is 25.9 Å². The SMILES string of the molecule is CC1(C)CC(NC(=O)CC2CNC2)CC(C)(C)C1. The maximum Gasteiger partial charge on any atom is 0.220 e. The van der Waals surface area contributed by atoms with Crippen LogP contribution in [-0.4, -0.2) is 25.0 Å². The zero-order chi connectivity index (χ0) is 13.4. The molecule has 0 aromatic carbocycles. The summed E-state index contributed by atoms with van der Waals surface area (Å²) in [6, 6.07) is 0.365. The van der Waals surface area contributed by atoms with Crippen LogP contribution in [0.5, 0.6) is 0 Å². The first-order chi connectivity index (χ1) is 8.26. The summed E-state index contributed by atoms with van der Waals surface area (Å²) in [4.78, 5) is 12.0. The number of nitrogens with one attached hydrogen (secondary N) is 2. The molecule has 0 bridgehead atoms. The smallest absolute Gasteiger partial charge is 0.220 e. The molecule has 3 heteroatoms. The lowest BCUT2D eigenvalue weighted by molar-refractivity contribution is -0.123. The molecule has 2 rings (SSSR count). The highest BCUT2D eigenvalue weighted by Gasteiger charge is 2.39. The van der Waals surface area contributed by atoms with Crippen LogP contribution in [0.4, 0.5) is 0 Å². The van der Waals surface area contributed by atoms with E-state index in [1.807, 2.05) is 0 Å². The average Bonchev–Trinajstić information content (AvgIpc) is 2.05. The topological polar surface area (TPSA) is 41.1 Å². The van der Waals surface area contributed by atoms with E-state index >= 15 is 0 Å². The fourth-order valence-electron chi connectivity index (χ4n) is 3.99. The average molecular weight is 252 g/mol. The third-order valence-electron chi connectivity index (χ3n) is 4.26. The van der Waals surface area contributed by atoms with Crippen molar-refractivity contribution in [2.45, 2.75) is 59.4 Å². The second-order valence-electron chi connectivity index (χ2n) is 7.91. The van der Waals surface area contributed by atoms with Gasteiger partial charge in [-0.1, -0.05) is 27.7 Å². The minimum atomic E-state index is 0.250. The highest BCUT2D eigenvalue weighted by molar-refractivity contribution is 5.76. The molecule has 2 N–H and O–H groups in total. The Kier molecular flexibility index (Phi) is 3.72. The van der Waals surface area contributed by atoms with Crippen LogP contribution in [0.15, 0.2) is 0 Å². The summed E-state index contributed by atoms with van der Waals surface area (Å²) in [6.45, 7) is 11.3. The van der Waals surface area contributed by atoms with Gasteiger partial charge in [-0.15, -0.1) is 0 Å². The van der Waals surface area contributed by atoms with Gasteiger partial charge in [0, 0.05) is 12.5 Å². The van der Waals surface area contributed by atoms with Crippen LogP contribution in [0.25, 0.3) is 0 Å². The minimum Gasteiger partial charge on any atom is -0.353 e. The van der Waals surface area contributed by atoms with Crippen molar-refractivity contribution in [2.24, 2.45) is 16.7 Å². The van der Waals surface area contributed by atoms with E-state index in [9.17, 15) is 4.79 Å². The lowest BCUT2D eigenvalue weighted by Gasteiger charge is -2.45. The molecule has 0 radical (unpaired) electrons. The molecule has 0 atom stereocenters. The predicted octanol–water partition coefficient (Wildman–Crippen LogP) is 2.32. The molecule has 3 nitrogen and oxygen atoms in total. The van der Waals surface area contributed by atoms with E-state index in [-0.39, 0.29) is 5.91 Å². The molecule has 0 aromatic heterocycles. The predicted molar refractivity (Wildman–Crippen MR) is 74.3 cm³/mol. The molecule has 1 saturated heterocycles. The summed E-state index contributed by atoms with van der Waals surface area (Å²) >= 11 is 0. The van der Waals surface area contributed by atoms with Crippen molar-refractivity contribution in [2.75, 3.05) is 13.1 Å². The summed E-state index contributed by atoms with van der Waals surface area (Å²) in [5.74, 6) is 0.814. The largest absolute Gasteiger partial charge is 0.353 e. The van der Waals surface area contributed by atoms with Crippen LogP contribution < -0.4 is 10.6 Å². The molecular weight excluding hydrogens is 224 g/mol. The highest BCUT2D eigenvalue weighted by atomic mass is 16.1.